The molecule has 0 radical (unpaired) electrons. The first-order chi connectivity index (χ1) is 5.79. The van der Waals surface area contributed by atoms with Gasteiger partial charge in [0.15, 0.2) is 0 Å². The summed E-state index contributed by atoms with van der Waals surface area (Å²) in [5.74, 6) is -0.808. The Morgan fingerprint density at radius 1 is 1.46 bits per heavy atom. The zero-order valence-electron chi connectivity index (χ0n) is 6.97. The van der Waals surface area contributed by atoms with Gasteiger partial charge in [-0.15, -0.1) is 0 Å². The molecule has 76 valence electrons. The summed E-state index contributed by atoms with van der Waals surface area (Å²) in [4.78, 5) is 21.2. The standard InChI is InChI=1S/C5H9NO6S/c1-3(4(7)12-2)6-5(8)13(9,10)11/h3H,1-2H3,(H,6,8)(H,9,10,11)/t3-/m0/s1. The molecule has 0 saturated heterocycles. The maximum atomic E-state index is 10.7. The third-order valence-corrected chi connectivity index (χ3v) is 1.71. The fraction of sp³-hybridized carbons (Fsp3) is 0.600. The Labute approximate surface area is 74.8 Å². The normalized spacial score (nSPS) is 13.2. The Morgan fingerprint density at radius 2 is 1.92 bits per heavy atom. The highest BCUT2D eigenvalue weighted by molar-refractivity contribution is 8.01. The van der Waals surface area contributed by atoms with Crippen LogP contribution in [0.25, 0.3) is 0 Å². The zero-order chi connectivity index (χ0) is 10.6. The van der Waals surface area contributed by atoms with Crippen molar-refractivity contribution in [3.05, 3.63) is 0 Å². The van der Waals surface area contributed by atoms with Gasteiger partial charge >= 0.3 is 21.3 Å². The van der Waals surface area contributed by atoms with Crippen molar-refractivity contribution in [2.24, 2.45) is 0 Å². The van der Waals surface area contributed by atoms with Crippen molar-refractivity contribution < 1.29 is 27.3 Å². The monoisotopic (exact) mass is 211 g/mol. The highest BCUT2D eigenvalue weighted by Crippen LogP contribution is 1.90. The second kappa shape index (κ2) is 4.19. The van der Waals surface area contributed by atoms with Crippen molar-refractivity contribution in [3.8, 4) is 0 Å². The molecule has 1 atom stereocenters. The number of ether oxygens (including phenoxy) is 1. The van der Waals surface area contributed by atoms with Gasteiger partial charge in [-0.3, -0.25) is 9.35 Å². The van der Waals surface area contributed by atoms with E-state index in [2.05, 4.69) is 4.74 Å². The van der Waals surface area contributed by atoms with Gasteiger partial charge in [0.2, 0.25) is 0 Å². The number of rotatable bonds is 2. The summed E-state index contributed by atoms with van der Waals surface area (Å²) >= 11 is 0. The molecule has 0 rings (SSSR count). The van der Waals surface area contributed by atoms with Gasteiger partial charge in [-0.1, -0.05) is 0 Å². The minimum atomic E-state index is -4.80. The quantitative estimate of drug-likeness (QED) is 0.454. The van der Waals surface area contributed by atoms with Crippen LogP contribution in [0, 0.1) is 0 Å². The molecule has 0 aliphatic rings. The minimum absolute atomic E-state index is 0.808. The summed E-state index contributed by atoms with van der Waals surface area (Å²) in [7, 11) is -3.72. The lowest BCUT2D eigenvalue weighted by Crippen LogP contribution is -2.41. The number of nitrogens with one attached hydrogen (secondary N) is 1. The third-order valence-electron chi connectivity index (χ3n) is 1.12. The molecule has 0 fully saturated rings. The van der Waals surface area contributed by atoms with E-state index in [1.165, 1.54) is 6.92 Å². The van der Waals surface area contributed by atoms with Crippen LogP contribution in [0.5, 0.6) is 0 Å². The Bertz CT molecular complexity index is 307. The summed E-state index contributed by atoms with van der Waals surface area (Å²) in [6, 6.07) is -1.13. The average Bonchev–Trinajstić information content (AvgIpc) is 2.01. The molecule has 0 aliphatic carbocycles. The van der Waals surface area contributed by atoms with E-state index in [1.807, 2.05) is 0 Å². The van der Waals surface area contributed by atoms with E-state index in [9.17, 15) is 18.0 Å². The molecule has 2 N–H and O–H groups in total. The molecule has 0 aromatic carbocycles. The number of hydrogen-bond donors (Lipinski definition) is 2. The number of amides is 1. The van der Waals surface area contributed by atoms with Gasteiger partial charge in [0.1, 0.15) is 6.04 Å². The number of esters is 1. The number of carbonyl (C=O) groups excluding carboxylic acids is 2. The second-order valence-corrected chi connectivity index (χ2v) is 3.47. The van der Waals surface area contributed by atoms with Gasteiger partial charge in [0.25, 0.3) is 0 Å². The van der Waals surface area contributed by atoms with Gasteiger partial charge in [-0.05, 0) is 6.92 Å². The van der Waals surface area contributed by atoms with E-state index in [4.69, 9.17) is 4.55 Å². The van der Waals surface area contributed by atoms with E-state index in [0.29, 0.717) is 0 Å². The molecule has 0 unspecified atom stereocenters. The maximum Gasteiger partial charge on any atom is 0.364 e. The molecular weight excluding hydrogens is 202 g/mol. The smallest absolute Gasteiger partial charge is 0.364 e. The Balaban J connectivity index is 4.32. The molecule has 0 aromatic heterocycles. The molecule has 8 heteroatoms. The SMILES string of the molecule is COC(=O)[C@H](C)NC(=O)S(=O)(=O)O. The molecular formula is C5H9NO6S. The first kappa shape index (κ1) is 11.8. The second-order valence-electron chi connectivity index (χ2n) is 2.15. The molecule has 0 aliphatic heterocycles. The molecule has 0 bridgehead atoms. The van der Waals surface area contributed by atoms with Crippen LogP contribution in [0.2, 0.25) is 0 Å². The lowest BCUT2D eigenvalue weighted by Gasteiger charge is -2.08. The highest BCUT2D eigenvalue weighted by Gasteiger charge is 2.23. The van der Waals surface area contributed by atoms with Gasteiger partial charge in [0, 0.05) is 0 Å². The van der Waals surface area contributed by atoms with E-state index >= 15 is 0 Å². The fourth-order valence-electron chi connectivity index (χ4n) is 0.487. The molecule has 0 heterocycles. The van der Waals surface area contributed by atoms with Crippen molar-refractivity contribution >= 4 is 21.3 Å². The van der Waals surface area contributed by atoms with Crippen LogP contribution in [-0.2, 0) is 19.6 Å². The van der Waals surface area contributed by atoms with E-state index < -0.39 is 27.4 Å². The van der Waals surface area contributed by atoms with Crippen LogP contribution in [0.1, 0.15) is 6.92 Å². The zero-order valence-corrected chi connectivity index (χ0v) is 7.79. The predicted molar refractivity (Wildman–Crippen MR) is 41.6 cm³/mol. The largest absolute Gasteiger partial charge is 0.467 e. The predicted octanol–water partition coefficient (Wildman–Crippen LogP) is -0.855. The van der Waals surface area contributed by atoms with Crippen molar-refractivity contribution in [2.75, 3.05) is 7.11 Å². The minimum Gasteiger partial charge on any atom is -0.467 e. The van der Waals surface area contributed by atoms with Crippen molar-refractivity contribution in [3.63, 3.8) is 0 Å². The van der Waals surface area contributed by atoms with Crippen molar-refractivity contribution in [2.45, 2.75) is 13.0 Å². The topological polar surface area (TPSA) is 110 Å². The molecule has 0 aromatic rings. The fourth-order valence-corrected chi connectivity index (χ4v) is 0.813. The molecule has 0 spiro atoms. The number of methoxy groups -OCH3 is 1. The Kier molecular flexibility index (Phi) is 3.82. The van der Waals surface area contributed by atoms with Crippen LogP contribution in [0.4, 0.5) is 4.79 Å². The number of carbonyl (C=O) groups is 2. The maximum absolute atomic E-state index is 10.7. The summed E-state index contributed by atoms with van der Waals surface area (Å²) in [6.45, 7) is 1.22. The van der Waals surface area contributed by atoms with Crippen molar-refractivity contribution in [1.29, 1.82) is 0 Å². The summed E-state index contributed by atoms with van der Waals surface area (Å²) < 4.78 is 32.7. The summed E-state index contributed by atoms with van der Waals surface area (Å²) in [5.41, 5.74) is 0. The first-order valence-electron chi connectivity index (χ1n) is 3.15. The average molecular weight is 211 g/mol. The summed E-state index contributed by atoms with van der Waals surface area (Å²) in [6.07, 6.45) is 0. The third kappa shape index (κ3) is 3.85. The van der Waals surface area contributed by atoms with Crippen LogP contribution >= 0.6 is 0 Å². The van der Waals surface area contributed by atoms with E-state index in [0.717, 1.165) is 7.11 Å². The highest BCUT2D eigenvalue weighted by atomic mass is 32.2. The Hall–Kier alpha value is -1.15. The van der Waals surface area contributed by atoms with Gasteiger partial charge in [0.05, 0.1) is 7.11 Å². The van der Waals surface area contributed by atoms with E-state index in [-0.39, 0.29) is 0 Å². The summed E-state index contributed by atoms with van der Waals surface area (Å²) in [5, 5.41) is 0.0852. The Morgan fingerprint density at radius 3 is 2.23 bits per heavy atom. The van der Waals surface area contributed by atoms with E-state index in [1.54, 1.807) is 5.32 Å². The lowest BCUT2D eigenvalue weighted by molar-refractivity contribution is -0.142. The van der Waals surface area contributed by atoms with Gasteiger partial charge < -0.3 is 10.1 Å². The van der Waals surface area contributed by atoms with Crippen LogP contribution in [0.3, 0.4) is 0 Å². The molecule has 0 saturated carbocycles. The molecule has 7 nitrogen and oxygen atoms in total. The van der Waals surface area contributed by atoms with Gasteiger partial charge in [-0.2, -0.15) is 8.42 Å². The van der Waals surface area contributed by atoms with Crippen LogP contribution in [0.15, 0.2) is 0 Å². The first-order valence-corrected chi connectivity index (χ1v) is 4.59. The number of hydrogen-bond acceptors (Lipinski definition) is 5. The molecule has 13 heavy (non-hydrogen) atoms. The lowest BCUT2D eigenvalue weighted by atomic mass is 10.4. The van der Waals surface area contributed by atoms with Crippen molar-refractivity contribution in [1.82, 2.24) is 5.32 Å². The van der Waals surface area contributed by atoms with Gasteiger partial charge in [-0.25, -0.2) is 4.79 Å². The van der Waals surface area contributed by atoms with Crippen LogP contribution < -0.4 is 5.32 Å². The molecule has 1 amide bonds. The van der Waals surface area contributed by atoms with Crippen LogP contribution in [-0.4, -0.2) is 37.3 Å².